The van der Waals surface area contributed by atoms with E-state index >= 15 is 0 Å². The number of likely N-dealkylation sites (tertiary alicyclic amines) is 1. The van der Waals surface area contributed by atoms with E-state index < -0.39 is 0 Å². The second-order valence-corrected chi connectivity index (χ2v) is 5.66. The van der Waals surface area contributed by atoms with Crippen LogP contribution in [0.5, 0.6) is 11.7 Å². The maximum Gasteiger partial charge on any atom is 0.290 e. The summed E-state index contributed by atoms with van der Waals surface area (Å²) < 4.78 is 11.0. The number of ether oxygens (including phenoxy) is 1. The van der Waals surface area contributed by atoms with E-state index in [1.54, 1.807) is 12.1 Å². The lowest BCUT2D eigenvalue weighted by molar-refractivity contribution is 0.0915. The predicted octanol–water partition coefficient (Wildman–Crippen LogP) is 2.75. The van der Waals surface area contributed by atoms with Crippen molar-refractivity contribution in [2.75, 3.05) is 26.7 Å². The highest BCUT2D eigenvalue weighted by atomic mass is 16.6. The Morgan fingerprint density at radius 3 is 2.86 bits per heavy atom. The third-order valence-corrected chi connectivity index (χ3v) is 3.81. The first-order valence-electron chi connectivity index (χ1n) is 7.50. The lowest BCUT2D eigenvalue weighted by atomic mass is 10.1. The SMILES string of the molecule is CN1CCC(CNC(=O)c2ccc(Oc3ccccc3)o2)C1. The number of rotatable bonds is 5. The van der Waals surface area contributed by atoms with Crippen molar-refractivity contribution in [2.24, 2.45) is 5.92 Å². The van der Waals surface area contributed by atoms with Crippen molar-refractivity contribution in [1.82, 2.24) is 10.2 Å². The van der Waals surface area contributed by atoms with Gasteiger partial charge in [0.05, 0.1) is 0 Å². The van der Waals surface area contributed by atoms with E-state index in [4.69, 9.17) is 9.15 Å². The zero-order valence-electron chi connectivity index (χ0n) is 12.6. The zero-order chi connectivity index (χ0) is 15.4. The molecule has 1 saturated heterocycles. The van der Waals surface area contributed by atoms with Crippen LogP contribution in [0.4, 0.5) is 0 Å². The molecule has 1 amide bonds. The molecule has 2 aromatic rings. The van der Waals surface area contributed by atoms with Gasteiger partial charge in [-0.3, -0.25) is 4.79 Å². The van der Waals surface area contributed by atoms with Gasteiger partial charge in [0.1, 0.15) is 5.75 Å². The fourth-order valence-corrected chi connectivity index (χ4v) is 2.62. The third-order valence-electron chi connectivity index (χ3n) is 3.81. The molecule has 2 heterocycles. The molecule has 3 rings (SSSR count). The van der Waals surface area contributed by atoms with Gasteiger partial charge in [0.25, 0.3) is 11.9 Å². The van der Waals surface area contributed by atoms with Crippen molar-refractivity contribution in [3.05, 3.63) is 48.2 Å². The summed E-state index contributed by atoms with van der Waals surface area (Å²) >= 11 is 0. The lowest BCUT2D eigenvalue weighted by Gasteiger charge is -2.10. The van der Waals surface area contributed by atoms with Crippen LogP contribution in [0.25, 0.3) is 0 Å². The molecule has 1 aromatic carbocycles. The van der Waals surface area contributed by atoms with Crippen LogP contribution in [0.2, 0.25) is 0 Å². The summed E-state index contributed by atoms with van der Waals surface area (Å²) in [6.07, 6.45) is 1.12. The molecule has 1 aromatic heterocycles. The molecule has 1 atom stereocenters. The molecule has 1 unspecified atom stereocenters. The average Bonchev–Trinajstić information content (AvgIpc) is 3.15. The first kappa shape index (κ1) is 14.7. The summed E-state index contributed by atoms with van der Waals surface area (Å²) in [5.41, 5.74) is 0. The Balaban J connectivity index is 1.53. The Morgan fingerprint density at radius 1 is 1.32 bits per heavy atom. The van der Waals surface area contributed by atoms with Crippen LogP contribution in [-0.2, 0) is 0 Å². The second kappa shape index (κ2) is 6.66. The summed E-state index contributed by atoms with van der Waals surface area (Å²) in [6.45, 7) is 2.80. The van der Waals surface area contributed by atoms with Crippen molar-refractivity contribution in [3.63, 3.8) is 0 Å². The molecular weight excluding hydrogens is 280 g/mol. The summed E-state index contributed by atoms with van der Waals surface area (Å²) in [5, 5.41) is 2.92. The average molecular weight is 300 g/mol. The van der Waals surface area contributed by atoms with Gasteiger partial charge >= 0.3 is 0 Å². The van der Waals surface area contributed by atoms with E-state index in [2.05, 4.69) is 17.3 Å². The Bertz CT molecular complexity index is 624. The van der Waals surface area contributed by atoms with E-state index in [1.165, 1.54) is 0 Å². The van der Waals surface area contributed by atoms with Crippen molar-refractivity contribution in [2.45, 2.75) is 6.42 Å². The largest absolute Gasteiger partial charge is 0.426 e. The molecular formula is C17H20N2O3. The highest BCUT2D eigenvalue weighted by molar-refractivity contribution is 5.91. The van der Waals surface area contributed by atoms with Crippen LogP contribution in [0.15, 0.2) is 46.9 Å². The topological polar surface area (TPSA) is 54.7 Å². The number of hydrogen-bond donors (Lipinski definition) is 1. The second-order valence-electron chi connectivity index (χ2n) is 5.66. The van der Waals surface area contributed by atoms with Crippen LogP contribution in [0.3, 0.4) is 0 Å². The van der Waals surface area contributed by atoms with Crippen LogP contribution in [-0.4, -0.2) is 37.5 Å². The molecule has 1 aliphatic heterocycles. The standard InChI is InChI=1S/C17H20N2O3/c1-19-10-9-13(12-19)11-18-17(20)15-7-8-16(22-15)21-14-5-3-2-4-6-14/h2-8,13H,9-12H2,1H3,(H,18,20). The van der Waals surface area contributed by atoms with E-state index in [9.17, 15) is 4.79 Å². The number of benzene rings is 1. The minimum absolute atomic E-state index is 0.197. The normalized spacial score (nSPS) is 18.3. The Kier molecular flexibility index (Phi) is 4.44. The van der Waals surface area contributed by atoms with Gasteiger partial charge in [0.2, 0.25) is 0 Å². The van der Waals surface area contributed by atoms with Gasteiger partial charge < -0.3 is 19.4 Å². The van der Waals surface area contributed by atoms with Gasteiger partial charge in [-0.1, -0.05) is 18.2 Å². The molecule has 5 heteroatoms. The molecule has 22 heavy (non-hydrogen) atoms. The maximum absolute atomic E-state index is 12.1. The fourth-order valence-electron chi connectivity index (χ4n) is 2.62. The number of para-hydroxylation sites is 1. The quantitative estimate of drug-likeness (QED) is 0.922. The summed E-state index contributed by atoms with van der Waals surface area (Å²) in [6, 6.07) is 12.6. The molecule has 0 saturated carbocycles. The molecule has 0 spiro atoms. The number of hydrogen-bond acceptors (Lipinski definition) is 4. The van der Waals surface area contributed by atoms with Crippen LogP contribution < -0.4 is 10.1 Å². The zero-order valence-corrected chi connectivity index (χ0v) is 12.6. The van der Waals surface area contributed by atoms with Gasteiger partial charge in [0.15, 0.2) is 5.76 Å². The summed E-state index contributed by atoms with van der Waals surface area (Å²) in [5.74, 6) is 1.59. The molecule has 0 aliphatic carbocycles. The monoisotopic (exact) mass is 300 g/mol. The van der Waals surface area contributed by atoms with Crippen LogP contribution in [0.1, 0.15) is 17.0 Å². The van der Waals surface area contributed by atoms with E-state index in [0.29, 0.717) is 24.2 Å². The first-order valence-corrected chi connectivity index (χ1v) is 7.50. The maximum atomic E-state index is 12.1. The minimum Gasteiger partial charge on any atom is -0.426 e. The summed E-state index contributed by atoms with van der Waals surface area (Å²) in [4.78, 5) is 14.3. The van der Waals surface area contributed by atoms with Crippen molar-refractivity contribution in [1.29, 1.82) is 0 Å². The highest BCUT2D eigenvalue weighted by Gasteiger charge is 2.21. The van der Waals surface area contributed by atoms with Gasteiger partial charge in [0, 0.05) is 19.2 Å². The highest BCUT2D eigenvalue weighted by Crippen LogP contribution is 2.23. The van der Waals surface area contributed by atoms with Gasteiger partial charge in [-0.15, -0.1) is 0 Å². The fraction of sp³-hybridized carbons (Fsp3) is 0.353. The predicted molar refractivity (Wildman–Crippen MR) is 83.2 cm³/mol. The molecule has 1 fully saturated rings. The molecule has 116 valence electrons. The Morgan fingerprint density at radius 2 is 2.14 bits per heavy atom. The smallest absolute Gasteiger partial charge is 0.290 e. The summed E-state index contributed by atoms with van der Waals surface area (Å²) in [7, 11) is 2.10. The molecule has 0 bridgehead atoms. The van der Waals surface area contributed by atoms with Crippen molar-refractivity contribution in [3.8, 4) is 11.7 Å². The van der Waals surface area contributed by atoms with Gasteiger partial charge in [-0.25, -0.2) is 0 Å². The van der Waals surface area contributed by atoms with Gasteiger partial charge in [-0.2, -0.15) is 0 Å². The van der Waals surface area contributed by atoms with Gasteiger partial charge in [-0.05, 0) is 44.1 Å². The number of carbonyl (C=O) groups excluding carboxylic acids is 1. The number of carbonyl (C=O) groups is 1. The third kappa shape index (κ3) is 3.68. The molecule has 0 radical (unpaired) electrons. The molecule has 1 aliphatic rings. The Labute approximate surface area is 129 Å². The Hall–Kier alpha value is -2.27. The van der Waals surface area contributed by atoms with E-state index in [0.717, 1.165) is 19.5 Å². The van der Waals surface area contributed by atoms with Crippen molar-refractivity contribution >= 4 is 5.91 Å². The van der Waals surface area contributed by atoms with Crippen LogP contribution in [0, 0.1) is 5.92 Å². The number of amides is 1. The molecule has 1 N–H and O–H groups in total. The number of furan rings is 1. The number of nitrogens with zero attached hydrogens (tertiary/aromatic N) is 1. The van der Waals surface area contributed by atoms with Crippen molar-refractivity contribution < 1.29 is 13.9 Å². The van der Waals surface area contributed by atoms with E-state index in [-0.39, 0.29) is 11.7 Å². The van der Waals surface area contributed by atoms with E-state index in [1.807, 2.05) is 30.3 Å². The lowest BCUT2D eigenvalue weighted by Crippen LogP contribution is -2.30. The molecule has 5 nitrogen and oxygen atoms in total. The van der Waals surface area contributed by atoms with Crippen LogP contribution >= 0.6 is 0 Å². The first-order chi connectivity index (χ1) is 10.7. The number of nitrogens with one attached hydrogen (secondary N) is 1. The minimum atomic E-state index is -0.197.